The van der Waals surface area contributed by atoms with E-state index in [0.29, 0.717) is 26.2 Å². The number of halogens is 3. The molecule has 1 amide bonds. The van der Waals surface area contributed by atoms with Crippen LogP contribution < -0.4 is 14.4 Å². The second-order valence-corrected chi connectivity index (χ2v) is 6.82. The van der Waals surface area contributed by atoms with Gasteiger partial charge in [0.15, 0.2) is 6.61 Å². The summed E-state index contributed by atoms with van der Waals surface area (Å²) in [4.78, 5) is 27.0. The highest BCUT2D eigenvalue weighted by molar-refractivity contribution is 5.98. The van der Waals surface area contributed by atoms with E-state index >= 15 is 0 Å². The average molecular weight is 439 g/mol. The largest absolute Gasteiger partial charge is 0.497 e. The zero-order chi connectivity index (χ0) is 22.6. The average Bonchev–Trinajstić information content (AvgIpc) is 2.76. The second-order valence-electron chi connectivity index (χ2n) is 6.82. The van der Waals surface area contributed by atoms with Gasteiger partial charge in [0.1, 0.15) is 17.1 Å². The predicted octanol–water partition coefficient (Wildman–Crippen LogP) is 3.51. The molecule has 0 N–H and O–H groups in total. The fourth-order valence-corrected chi connectivity index (χ4v) is 3.23. The summed E-state index contributed by atoms with van der Waals surface area (Å²) in [6.07, 6.45) is -4.57. The smallest absolute Gasteiger partial charge is 0.422 e. The van der Waals surface area contributed by atoms with E-state index in [0.717, 1.165) is 29.6 Å². The Labute approximate surface area is 175 Å². The first kappa shape index (κ1) is 22.2. The van der Waals surface area contributed by atoms with Gasteiger partial charge in [-0.3, -0.25) is 14.9 Å². The van der Waals surface area contributed by atoms with E-state index in [1.165, 1.54) is 4.90 Å². The van der Waals surface area contributed by atoms with Crippen molar-refractivity contribution in [3.05, 3.63) is 58.1 Å². The summed E-state index contributed by atoms with van der Waals surface area (Å²) in [6.45, 7) is 0.0382. The molecule has 1 heterocycles. The third-order valence-corrected chi connectivity index (χ3v) is 4.80. The van der Waals surface area contributed by atoms with Crippen molar-refractivity contribution in [2.24, 2.45) is 0 Å². The number of hydrogen-bond donors (Lipinski definition) is 0. The molecule has 1 fully saturated rings. The van der Waals surface area contributed by atoms with Crippen LogP contribution in [0.25, 0.3) is 0 Å². The third kappa shape index (κ3) is 5.56. The lowest BCUT2D eigenvalue weighted by molar-refractivity contribution is -0.385. The molecular formula is C20H20F3N3O5. The molecule has 166 valence electrons. The summed E-state index contributed by atoms with van der Waals surface area (Å²) in [5.74, 6) is -0.167. The topological polar surface area (TPSA) is 85.2 Å². The highest BCUT2D eigenvalue weighted by Crippen LogP contribution is 2.28. The number of nitro groups is 1. The number of benzene rings is 2. The molecule has 0 atom stereocenters. The van der Waals surface area contributed by atoms with Crippen molar-refractivity contribution in [2.45, 2.75) is 6.18 Å². The van der Waals surface area contributed by atoms with E-state index in [1.54, 1.807) is 7.11 Å². The van der Waals surface area contributed by atoms with E-state index in [9.17, 15) is 28.1 Å². The summed E-state index contributed by atoms with van der Waals surface area (Å²) in [5, 5.41) is 11.3. The lowest BCUT2D eigenvalue weighted by Gasteiger charge is -2.36. The van der Waals surface area contributed by atoms with E-state index in [1.807, 2.05) is 24.3 Å². The molecule has 1 aliphatic rings. The maximum absolute atomic E-state index is 12.9. The maximum atomic E-state index is 12.9. The molecule has 3 rings (SSSR count). The number of carbonyl (C=O) groups is 1. The monoisotopic (exact) mass is 439 g/mol. The van der Waals surface area contributed by atoms with Crippen LogP contribution in [0.1, 0.15) is 10.4 Å². The van der Waals surface area contributed by atoms with Gasteiger partial charge in [0.05, 0.1) is 12.0 Å². The Hall–Kier alpha value is -3.50. The zero-order valence-corrected chi connectivity index (χ0v) is 16.6. The van der Waals surface area contributed by atoms with Crippen molar-refractivity contribution in [3.8, 4) is 11.5 Å². The van der Waals surface area contributed by atoms with Gasteiger partial charge in [-0.2, -0.15) is 13.2 Å². The number of ether oxygens (including phenoxy) is 2. The van der Waals surface area contributed by atoms with Gasteiger partial charge in [0, 0.05) is 37.9 Å². The number of alkyl halides is 3. The Morgan fingerprint density at radius 3 is 2.23 bits per heavy atom. The quantitative estimate of drug-likeness (QED) is 0.506. The molecule has 1 aliphatic heterocycles. The molecule has 0 bridgehead atoms. The summed E-state index contributed by atoms with van der Waals surface area (Å²) < 4.78 is 47.0. The van der Waals surface area contributed by atoms with Gasteiger partial charge in [-0.15, -0.1) is 0 Å². The molecule has 0 unspecified atom stereocenters. The molecule has 11 heteroatoms. The van der Waals surface area contributed by atoms with Crippen molar-refractivity contribution in [1.29, 1.82) is 0 Å². The number of hydrogen-bond acceptors (Lipinski definition) is 6. The Kier molecular flexibility index (Phi) is 6.52. The normalized spacial score (nSPS) is 14.3. The molecule has 0 spiro atoms. The van der Waals surface area contributed by atoms with Crippen LogP contribution in [0.2, 0.25) is 0 Å². The minimum Gasteiger partial charge on any atom is -0.497 e. The highest BCUT2D eigenvalue weighted by Gasteiger charge is 2.31. The first-order chi connectivity index (χ1) is 14.7. The van der Waals surface area contributed by atoms with Crippen molar-refractivity contribution >= 4 is 17.3 Å². The van der Waals surface area contributed by atoms with Gasteiger partial charge in [0.25, 0.3) is 11.6 Å². The molecule has 0 aromatic heterocycles. The number of nitrogens with zero attached hydrogens (tertiary/aromatic N) is 3. The number of nitro benzene ring substituents is 1. The fourth-order valence-electron chi connectivity index (χ4n) is 3.23. The third-order valence-electron chi connectivity index (χ3n) is 4.80. The first-order valence-electron chi connectivity index (χ1n) is 9.34. The lowest BCUT2D eigenvalue weighted by Crippen LogP contribution is -2.48. The van der Waals surface area contributed by atoms with Crippen LogP contribution in [0.3, 0.4) is 0 Å². The minimum absolute atomic E-state index is 0.261. The van der Waals surface area contributed by atoms with E-state index in [-0.39, 0.29) is 11.3 Å². The number of anilines is 1. The van der Waals surface area contributed by atoms with Gasteiger partial charge < -0.3 is 19.3 Å². The fraction of sp³-hybridized carbons (Fsp3) is 0.350. The van der Waals surface area contributed by atoms with Crippen molar-refractivity contribution in [1.82, 2.24) is 4.90 Å². The van der Waals surface area contributed by atoms with Crippen LogP contribution in [0, 0.1) is 10.1 Å². The number of methoxy groups -OCH3 is 1. The van der Waals surface area contributed by atoms with Crippen LogP contribution in [-0.2, 0) is 0 Å². The van der Waals surface area contributed by atoms with E-state index in [4.69, 9.17) is 4.74 Å². The number of piperazine rings is 1. The number of amides is 1. The molecule has 0 aliphatic carbocycles. The highest BCUT2D eigenvalue weighted by atomic mass is 19.4. The summed E-state index contributed by atoms with van der Waals surface area (Å²) in [6, 6.07) is 10.4. The van der Waals surface area contributed by atoms with E-state index < -0.39 is 29.3 Å². The van der Waals surface area contributed by atoms with Gasteiger partial charge in [-0.1, -0.05) is 0 Å². The van der Waals surface area contributed by atoms with Gasteiger partial charge >= 0.3 is 6.18 Å². The Morgan fingerprint density at radius 1 is 1.06 bits per heavy atom. The molecule has 8 nitrogen and oxygen atoms in total. The molecular weight excluding hydrogens is 419 g/mol. The van der Waals surface area contributed by atoms with Crippen LogP contribution in [0.5, 0.6) is 11.5 Å². The van der Waals surface area contributed by atoms with Gasteiger partial charge in [0.2, 0.25) is 0 Å². The molecule has 1 saturated heterocycles. The van der Waals surface area contributed by atoms with Crippen molar-refractivity contribution < 1.29 is 32.4 Å². The molecule has 0 saturated carbocycles. The zero-order valence-electron chi connectivity index (χ0n) is 16.6. The summed E-state index contributed by atoms with van der Waals surface area (Å²) >= 11 is 0. The van der Waals surface area contributed by atoms with Crippen LogP contribution in [0.15, 0.2) is 42.5 Å². The molecule has 2 aromatic carbocycles. The number of rotatable bonds is 6. The Balaban J connectivity index is 1.72. The predicted molar refractivity (Wildman–Crippen MR) is 106 cm³/mol. The van der Waals surface area contributed by atoms with Crippen LogP contribution in [-0.4, -0.2) is 61.8 Å². The Morgan fingerprint density at radius 2 is 1.68 bits per heavy atom. The first-order valence-corrected chi connectivity index (χ1v) is 9.34. The molecule has 0 radical (unpaired) electrons. The van der Waals surface area contributed by atoms with Gasteiger partial charge in [-0.25, -0.2) is 0 Å². The standard InChI is InChI=1S/C20H20F3N3O5/c1-30-15-4-2-14(3-5-15)24-8-10-25(11-9-24)19(27)17-12-16(31-13-20(21,22)23)6-7-18(17)26(28)29/h2-7,12H,8-11,13H2,1H3. The lowest BCUT2D eigenvalue weighted by atomic mass is 10.1. The van der Waals surface area contributed by atoms with E-state index in [2.05, 4.69) is 9.64 Å². The summed E-state index contributed by atoms with van der Waals surface area (Å²) in [7, 11) is 1.57. The Bertz CT molecular complexity index is 942. The maximum Gasteiger partial charge on any atom is 0.422 e. The van der Waals surface area contributed by atoms with Crippen LogP contribution >= 0.6 is 0 Å². The molecule has 2 aromatic rings. The van der Waals surface area contributed by atoms with Gasteiger partial charge in [-0.05, 0) is 36.4 Å². The van der Waals surface area contributed by atoms with Crippen molar-refractivity contribution in [3.63, 3.8) is 0 Å². The summed E-state index contributed by atoms with van der Waals surface area (Å²) in [5.41, 5.74) is 0.158. The molecule has 31 heavy (non-hydrogen) atoms. The second kappa shape index (κ2) is 9.11. The van der Waals surface area contributed by atoms with Crippen molar-refractivity contribution in [2.75, 3.05) is 44.8 Å². The SMILES string of the molecule is COc1ccc(N2CCN(C(=O)c3cc(OCC(F)(F)F)ccc3[N+](=O)[O-])CC2)cc1. The number of carbonyl (C=O) groups excluding carboxylic acids is 1. The van der Waals surface area contributed by atoms with Crippen LogP contribution in [0.4, 0.5) is 24.5 Å². The minimum atomic E-state index is -4.57.